The minimum atomic E-state index is -6.12. The van der Waals surface area contributed by atoms with Crippen LogP contribution in [0.4, 0.5) is 0 Å². The largest absolute Gasteiger partial charge is 0.397 e. The Morgan fingerprint density at radius 1 is 0.494 bits per heavy atom. The van der Waals surface area contributed by atoms with E-state index in [-0.39, 0.29) is 48.0 Å². The maximum Gasteiger partial charge on any atom is 0.397 e. The molecule has 0 aromatic rings. The first-order chi connectivity index (χ1) is 35.0. The van der Waals surface area contributed by atoms with Crippen LogP contribution in [-0.2, 0) is 130 Å². The van der Waals surface area contributed by atoms with Crippen molar-refractivity contribution in [3.63, 3.8) is 0 Å². The van der Waals surface area contributed by atoms with Crippen LogP contribution in [0.1, 0.15) is 85.5 Å². The Morgan fingerprint density at radius 3 is 1.42 bits per heavy atom. The van der Waals surface area contributed by atoms with Crippen molar-refractivity contribution in [2.45, 2.75) is 165 Å². The van der Waals surface area contributed by atoms with Gasteiger partial charge in [0.1, 0.15) is 42.7 Å². The van der Waals surface area contributed by atoms with Gasteiger partial charge in [-0.05, 0) is 80.5 Å². The fraction of sp³-hybridized carbons (Fsp3) is 1.00. The number of rotatable bonds is 20. The topological polar surface area (TPSA) is 501 Å². The summed E-state index contributed by atoms with van der Waals surface area (Å²) in [4.78, 5) is 0. The molecule has 0 aromatic heterocycles. The van der Waals surface area contributed by atoms with Gasteiger partial charge in [0.05, 0.1) is 32.0 Å². The molecule has 3 saturated carbocycles. The molecule has 7 N–H and O–H groups in total. The number of hydrogen-bond donors (Lipinski definition) is 7. The SMILES string of the molecule is C[C@H]1CC[C@@]2(OC1)OC1C3CCC4CC(O[C@@H]5O[C@H](COS(=O)(=O)O)[C@H](OS(=O)(=O)O)[C@H](OS(=O)(=O)O)[C@H]5O[C@@H]5O[C@H](COS(=O)(=O)O)[C@@H](OS(=O)(=O)O)[C@H](OS(=O)(=O)O)[C@H]5OS(=O)(=O)O)CCC4(C)C3CCC1(C)[C@@H]2C. The molecule has 4 heterocycles. The van der Waals surface area contributed by atoms with Crippen LogP contribution in [-0.4, -0.2) is 190 Å². The predicted molar refractivity (Wildman–Crippen MR) is 244 cm³/mol. The Kier molecular flexibility index (Phi) is 18.5. The third-order valence-electron chi connectivity index (χ3n) is 16.0. The van der Waals surface area contributed by atoms with Crippen LogP contribution < -0.4 is 0 Å². The molecule has 3 aliphatic carbocycles. The molecule has 41 heteroatoms. The standard InChI is InChI=1S/C36H60O34S7/c1-17-7-12-36(58-14-17)18(2)34(3)11-9-22-21(31(34)65-36)6-5-19-13-20(8-10-35(19,22)4)61-32-29(27(68-75(49,50)51)25(66-73(43,44)45)23(62-32)15-59-71(37,38)39)64-33-30(70-77(55,56)57)28(69-76(52,53)54)26(67-74(46,47)48)24(63-33)16-60-72(40,41)42/h17-33H,5-16H2,1-4H3,(H,37,38,39)(H,40,41,42)(H,43,44,45)(H,46,47,48)(H,49,50,51)(H,52,53,54)(H,55,56,57)/t17-,18-,19?,20?,21?,22?,23+,24+,25-,26+,27-,28-,29+,30+,31?,32+,33-,34?,35?,36+/m0/s1. The molecular formula is C36H60O34S7. The van der Waals surface area contributed by atoms with Gasteiger partial charge in [0, 0.05) is 17.8 Å². The summed E-state index contributed by atoms with van der Waals surface area (Å²) in [6.45, 7) is 5.77. The van der Waals surface area contributed by atoms with Crippen LogP contribution in [0.25, 0.3) is 0 Å². The highest BCUT2D eigenvalue weighted by Crippen LogP contribution is 2.67. The monoisotopic (exact) mass is 1260 g/mol. The maximum atomic E-state index is 12.6. The Bertz CT molecular complexity index is 2950. The van der Waals surface area contributed by atoms with Crippen LogP contribution in [0.15, 0.2) is 0 Å². The van der Waals surface area contributed by atoms with Crippen LogP contribution >= 0.6 is 0 Å². The van der Waals surface area contributed by atoms with E-state index in [0.717, 1.165) is 25.7 Å². The van der Waals surface area contributed by atoms with Crippen molar-refractivity contribution in [2.24, 2.45) is 40.4 Å². The summed E-state index contributed by atoms with van der Waals surface area (Å²) in [5.41, 5.74) is -0.626. The highest BCUT2D eigenvalue weighted by Gasteiger charge is 2.68. The molecule has 4 aliphatic heterocycles. The van der Waals surface area contributed by atoms with Crippen molar-refractivity contribution in [3.8, 4) is 0 Å². The van der Waals surface area contributed by atoms with Crippen molar-refractivity contribution < 1.29 is 148 Å². The Hall–Kier alpha value is -1.15. The molecule has 7 aliphatic rings. The van der Waals surface area contributed by atoms with Crippen molar-refractivity contribution >= 4 is 72.8 Å². The lowest BCUT2D eigenvalue weighted by molar-refractivity contribution is -0.364. The van der Waals surface area contributed by atoms with Crippen LogP contribution in [0.5, 0.6) is 0 Å². The van der Waals surface area contributed by atoms with E-state index in [4.69, 9.17) is 32.6 Å². The second-order valence-corrected chi connectivity index (χ2v) is 28.1. The summed E-state index contributed by atoms with van der Waals surface area (Å²) in [7, 11) is -41.5. The lowest BCUT2D eigenvalue weighted by atomic mass is 9.46. The van der Waals surface area contributed by atoms with Gasteiger partial charge >= 0.3 is 72.8 Å². The summed E-state index contributed by atoms with van der Waals surface area (Å²) in [6.07, 6.45) is -25.1. The predicted octanol–water partition coefficient (Wildman–Crippen LogP) is -0.404. The summed E-state index contributed by atoms with van der Waals surface area (Å²) in [5.74, 6) is -0.311. The highest BCUT2D eigenvalue weighted by atomic mass is 32.3. The van der Waals surface area contributed by atoms with Crippen molar-refractivity contribution in [3.05, 3.63) is 0 Å². The zero-order chi connectivity index (χ0) is 57.5. The molecule has 7 unspecified atom stereocenters. The van der Waals surface area contributed by atoms with E-state index in [9.17, 15) is 90.8 Å². The van der Waals surface area contributed by atoms with E-state index >= 15 is 0 Å². The minimum absolute atomic E-state index is 0.0777. The summed E-state index contributed by atoms with van der Waals surface area (Å²) < 4.78 is 306. The second-order valence-electron chi connectivity index (χ2n) is 20.7. The van der Waals surface area contributed by atoms with Gasteiger partial charge < -0.3 is 28.4 Å². The first-order valence-corrected chi connectivity index (χ1v) is 33.0. The van der Waals surface area contributed by atoms with E-state index in [2.05, 4.69) is 52.8 Å². The molecule has 4 saturated heterocycles. The third-order valence-corrected chi connectivity index (χ3v) is 19.2. The minimum Gasteiger partial charge on any atom is -0.349 e. The Balaban J connectivity index is 1.28. The summed E-state index contributed by atoms with van der Waals surface area (Å²) >= 11 is 0. The zero-order valence-corrected chi connectivity index (χ0v) is 46.5. The van der Waals surface area contributed by atoms with E-state index in [0.29, 0.717) is 31.8 Å². The molecule has 77 heavy (non-hydrogen) atoms. The second kappa shape index (κ2) is 22.4. The molecule has 450 valence electrons. The summed E-state index contributed by atoms with van der Waals surface area (Å²) in [6, 6.07) is 0. The molecule has 0 radical (unpaired) electrons. The Labute approximate surface area is 444 Å². The van der Waals surface area contributed by atoms with Crippen molar-refractivity contribution in [1.82, 2.24) is 0 Å². The first kappa shape index (κ1) is 63.4. The van der Waals surface area contributed by atoms with Crippen LogP contribution in [0.3, 0.4) is 0 Å². The zero-order valence-electron chi connectivity index (χ0n) is 40.8. The molecule has 1 spiro atoms. The molecule has 20 atom stereocenters. The fourth-order valence-corrected chi connectivity index (χ4v) is 15.8. The third kappa shape index (κ3) is 15.5. The maximum absolute atomic E-state index is 12.6. The van der Waals surface area contributed by atoms with Gasteiger partial charge in [0.15, 0.2) is 24.5 Å². The average Bonchev–Trinajstić information content (AvgIpc) is 3.47. The summed E-state index contributed by atoms with van der Waals surface area (Å²) in [5, 5.41) is 0. The van der Waals surface area contributed by atoms with Gasteiger partial charge in [0.2, 0.25) is 0 Å². The number of hydrogen-bond acceptors (Lipinski definition) is 27. The van der Waals surface area contributed by atoms with Gasteiger partial charge in [0.25, 0.3) is 0 Å². The Morgan fingerprint density at radius 2 is 0.948 bits per heavy atom. The first-order valence-electron chi connectivity index (χ1n) is 23.4. The molecule has 0 aromatic carbocycles. The molecule has 0 amide bonds. The quantitative estimate of drug-likeness (QED) is 0.0602. The molecule has 34 nitrogen and oxygen atoms in total. The fourth-order valence-electron chi connectivity index (χ4n) is 12.6. The van der Waals surface area contributed by atoms with E-state index in [1.54, 1.807) is 0 Å². The lowest BCUT2D eigenvalue weighted by Crippen LogP contribution is -2.67. The van der Waals surface area contributed by atoms with Gasteiger partial charge in [-0.1, -0.05) is 27.7 Å². The molecule has 7 fully saturated rings. The van der Waals surface area contributed by atoms with Gasteiger partial charge in [-0.15, -0.1) is 0 Å². The van der Waals surface area contributed by atoms with E-state index < -0.39 is 165 Å². The van der Waals surface area contributed by atoms with Crippen molar-refractivity contribution in [1.29, 1.82) is 0 Å². The smallest absolute Gasteiger partial charge is 0.349 e. The highest BCUT2D eigenvalue weighted by molar-refractivity contribution is 7.82. The van der Waals surface area contributed by atoms with Gasteiger partial charge in [-0.25, -0.2) is 29.3 Å². The lowest BCUT2D eigenvalue weighted by Gasteiger charge is -2.60. The van der Waals surface area contributed by atoms with Gasteiger partial charge in [-0.2, -0.15) is 58.9 Å². The van der Waals surface area contributed by atoms with E-state index in [1.807, 2.05) is 0 Å². The number of fused-ring (bicyclic) bond motifs is 5. The molecule has 7 rings (SSSR count). The van der Waals surface area contributed by atoms with Crippen molar-refractivity contribution in [2.75, 3.05) is 19.8 Å². The normalized spacial score (nSPS) is 42.6. The van der Waals surface area contributed by atoms with Gasteiger partial charge in [-0.3, -0.25) is 31.9 Å². The molecular weight excluding hydrogens is 1200 g/mol. The average molecular weight is 1260 g/mol. The number of ether oxygens (including phenoxy) is 6. The van der Waals surface area contributed by atoms with Crippen LogP contribution in [0.2, 0.25) is 0 Å². The molecule has 0 bridgehead atoms. The van der Waals surface area contributed by atoms with Crippen LogP contribution in [0, 0.1) is 40.4 Å². The van der Waals surface area contributed by atoms with E-state index in [1.165, 1.54) is 0 Å².